The highest BCUT2D eigenvalue weighted by Crippen LogP contribution is 2.27. The predicted octanol–water partition coefficient (Wildman–Crippen LogP) is 5.98. The van der Waals surface area contributed by atoms with Gasteiger partial charge in [0.15, 0.2) is 0 Å². The van der Waals surface area contributed by atoms with Crippen molar-refractivity contribution in [2.75, 3.05) is 0 Å². The fourth-order valence-corrected chi connectivity index (χ4v) is 3.59. The Morgan fingerprint density at radius 2 is 1.61 bits per heavy atom. The molecule has 0 aliphatic carbocycles. The van der Waals surface area contributed by atoms with Gasteiger partial charge < -0.3 is 0 Å². The molecule has 0 saturated carbocycles. The summed E-state index contributed by atoms with van der Waals surface area (Å²) in [6, 6.07) is 20.4. The summed E-state index contributed by atoms with van der Waals surface area (Å²) in [5, 5.41) is 6.47. The molecule has 3 aromatic rings. The molecule has 1 amide bonds. The minimum absolute atomic E-state index is 0.116. The number of carbonyl (C=O) groups is 1. The van der Waals surface area contributed by atoms with E-state index in [4.69, 9.17) is 0 Å². The van der Waals surface area contributed by atoms with Gasteiger partial charge in [-0.3, -0.25) is 4.79 Å². The minimum atomic E-state index is -0.127. The third kappa shape index (κ3) is 4.68. The summed E-state index contributed by atoms with van der Waals surface area (Å²) in [5.41, 5.74) is 6.85. The Morgan fingerprint density at radius 1 is 0.964 bits per heavy atom. The van der Waals surface area contributed by atoms with E-state index < -0.39 is 0 Å². The second-order valence-corrected chi connectivity index (χ2v) is 8.84. The topological polar surface area (TPSA) is 41.5 Å². The molecule has 0 saturated heterocycles. The first kappa shape index (κ1) is 20.3. The van der Waals surface area contributed by atoms with Crippen LogP contribution >= 0.6 is 15.9 Å². The van der Waals surface area contributed by atoms with E-state index in [9.17, 15) is 4.79 Å². The summed E-state index contributed by atoms with van der Waals surface area (Å²) in [6.07, 6.45) is 0.285. The smallest absolute Gasteiger partial charge is 0.244 e. The summed E-state index contributed by atoms with van der Waals surface area (Å²) in [6.45, 7) is 8.47. The Bertz CT molecular complexity index is 1030. The second kappa shape index (κ2) is 8.27. The van der Waals surface area contributed by atoms with Gasteiger partial charge in [0.1, 0.15) is 0 Å². The maximum atomic E-state index is 12.4. The molecule has 144 valence electrons. The van der Waals surface area contributed by atoms with Crippen LogP contribution in [-0.4, -0.2) is 11.6 Å². The lowest BCUT2D eigenvalue weighted by Gasteiger charge is -2.19. The molecule has 4 heteroatoms. The van der Waals surface area contributed by atoms with Gasteiger partial charge in [0.05, 0.1) is 12.1 Å². The zero-order chi connectivity index (χ0) is 20.3. The number of rotatable bonds is 4. The predicted molar refractivity (Wildman–Crippen MR) is 121 cm³/mol. The van der Waals surface area contributed by atoms with Crippen molar-refractivity contribution in [1.82, 2.24) is 5.43 Å². The zero-order valence-electron chi connectivity index (χ0n) is 16.7. The number of hydrogen-bond acceptors (Lipinski definition) is 2. The van der Waals surface area contributed by atoms with Gasteiger partial charge in [-0.05, 0) is 45.9 Å². The van der Waals surface area contributed by atoms with Crippen molar-refractivity contribution in [2.45, 2.75) is 39.5 Å². The summed E-state index contributed by atoms with van der Waals surface area (Å²) in [4.78, 5) is 12.4. The van der Waals surface area contributed by atoms with E-state index in [1.54, 1.807) is 0 Å². The second-order valence-electron chi connectivity index (χ2n) is 7.99. The monoisotopic (exact) mass is 436 g/mol. The average molecular weight is 437 g/mol. The highest BCUT2D eigenvalue weighted by molar-refractivity contribution is 9.10. The van der Waals surface area contributed by atoms with Crippen molar-refractivity contribution in [2.24, 2.45) is 5.10 Å². The van der Waals surface area contributed by atoms with Crippen LogP contribution in [0.2, 0.25) is 0 Å². The minimum Gasteiger partial charge on any atom is -0.273 e. The van der Waals surface area contributed by atoms with Crippen LogP contribution in [0, 0.1) is 0 Å². The van der Waals surface area contributed by atoms with Crippen LogP contribution in [0.5, 0.6) is 0 Å². The van der Waals surface area contributed by atoms with Gasteiger partial charge >= 0.3 is 0 Å². The highest BCUT2D eigenvalue weighted by atomic mass is 79.9. The van der Waals surface area contributed by atoms with E-state index in [0.29, 0.717) is 0 Å². The van der Waals surface area contributed by atoms with Crippen LogP contribution in [0.3, 0.4) is 0 Å². The molecule has 0 unspecified atom stereocenters. The molecule has 0 atom stereocenters. The fraction of sp³-hybridized carbons (Fsp3) is 0.250. The van der Waals surface area contributed by atoms with Crippen LogP contribution in [0.4, 0.5) is 0 Å². The van der Waals surface area contributed by atoms with E-state index in [1.807, 2.05) is 55.5 Å². The normalized spacial score (nSPS) is 12.2. The largest absolute Gasteiger partial charge is 0.273 e. The summed E-state index contributed by atoms with van der Waals surface area (Å²) in [5.74, 6) is -0.127. The van der Waals surface area contributed by atoms with E-state index in [1.165, 1.54) is 5.56 Å². The number of carbonyl (C=O) groups excluding carboxylic acids is 1. The van der Waals surface area contributed by atoms with Crippen molar-refractivity contribution < 1.29 is 4.79 Å². The van der Waals surface area contributed by atoms with Gasteiger partial charge in [0.25, 0.3) is 0 Å². The summed E-state index contributed by atoms with van der Waals surface area (Å²) in [7, 11) is 0. The maximum Gasteiger partial charge on any atom is 0.244 e. The van der Waals surface area contributed by atoms with Crippen LogP contribution in [0.15, 0.2) is 70.2 Å². The Morgan fingerprint density at radius 3 is 2.25 bits per heavy atom. The third-order valence-corrected chi connectivity index (χ3v) is 5.52. The number of hydrazone groups is 1. The molecular formula is C24H25BrN2O. The van der Waals surface area contributed by atoms with Crippen molar-refractivity contribution >= 4 is 38.3 Å². The van der Waals surface area contributed by atoms with Crippen molar-refractivity contribution in [3.63, 3.8) is 0 Å². The summed E-state index contributed by atoms with van der Waals surface area (Å²) < 4.78 is 1.03. The van der Waals surface area contributed by atoms with Gasteiger partial charge in [-0.1, -0.05) is 91.3 Å². The number of benzene rings is 3. The van der Waals surface area contributed by atoms with E-state index >= 15 is 0 Å². The van der Waals surface area contributed by atoms with Gasteiger partial charge in [-0.2, -0.15) is 5.10 Å². The number of halogens is 1. The molecule has 28 heavy (non-hydrogen) atoms. The van der Waals surface area contributed by atoms with E-state index in [0.717, 1.165) is 32.1 Å². The molecule has 0 spiro atoms. The molecule has 0 fully saturated rings. The standard InChI is InChI=1S/C24H25BrN2O/c1-16(17-9-12-19(13-10-17)24(2,3)4)26-27-23(28)15-18-11-14-22(25)21-8-6-5-7-20(18)21/h5-14H,15H2,1-4H3,(H,27,28)/b26-16-. The lowest BCUT2D eigenvalue weighted by atomic mass is 9.86. The number of amides is 1. The molecule has 3 rings (SSSR count). The number of nitrogens with zero attached hydrogens (tertiary/aromatic N) is 1. The fourth-order valence-electron chi connectivity index (χ4n) is 3.11. The lowest BCUT2D eigenvalue weighted by molar-refractivity contribution is -0.120. The van der Waals surface area contributed by atoms with E-state index in [2.05, 4.69) is 59.4 Å². The van der Waals surface area contributed by atoms with Crippen LogP contribution in [0.1, 0.15) is 44.4 Å². The first-order valence-corrected chi connectivity index (χ1v) is 10.1. The molecule has 0 aliphatic rings. The molecule has 0 bridgehead atoms. The molecule has 0 heterocycles. The van der Waals surface area contributed by atoms with Gasteiger partial charge in [0, 0.05) is 4.47 Å². The molecular weight excluding hydrogens is 412 g/mol. The van der Waals surface area contributed by atoms with Gasteiger partial charge in [0.2, 0.25) is 5.91 Å². The average Bonchev–Trinajstić information content (AvgIpc) is 2.68. The molecule has 1 N–H and O–H groups in total. The van der Waals surface area contributed by atoms with Crippen molar-refractivity contribution in [3.05, 3.63) is 81.8 Å². The van der Waals surface area contributed by atoms with Gasteiger partial charge in [-0.25, -0.2) is 5.43 Å². The van der Waals surface area contributed by atoms with Crippen LogP contribution in [0.25, 0.3) is 10.8 Å². The van der Waals surface area contributed by atoms with Crippen molar-refractivity contribution in [1.29, 1.82) is 0 Å². The maximum absolute atomic E-state index is 12.4. The molecule has 0 aromatic heterocycles. The van der Waals surface area contributed by atoms with Crippen LogP contribution < -0.4 is 5.43 Å². The molecule has 3 aromatic carbocycles. The molecule has 0 radical (unpaired) electrons. The zero-order valence-corrected chi connectivity index (χ0v) is 18.3. The SMILES string of the molecule is C/C(=N/NC(=O)Cc1ccc(Br)c2ccccc12)c1ccc(C(C)(C)C)cc1. The molecule has 3 nitrogen and oxygen atoms in total. The Labute approximate surface area is 175 Å². The first-order chi connectivity index (χ1) is 13.3. The number of fused-ring (bicyclic) bond motifs is 1. The summed E-state index contributed by atoms with van der Waals surface area (Å²) >= 11 is 3.57. The highest BCUT2D eigenvalue weighted by Gasteiger charge is 2.13. The Kier molecular flexibility index (Phi) is 5.99. The first-order valence-electron chi connectivity index (χ1n) is 9.36. The van der Waals surface area contributed by atoms with E-state index in [-0.39, 0.29) is 17.7 Å². The van der Waals surface area contributed by atoms with Crippen molar-refractivity contribution in [3.8, 4) is 0 Å². The van der Waals surface area contributed by atoms with Gasteiger partial charge in [-0.15, -0.1) is 0 Å². The number of nitrogens with one attached hydrogen (secondary N) is 1. The number of hydrogen-bond donors (Lipinski definition) is 1. The quantitative estimate of drug-likeness (QED) is 0.396. The lowest BCUT2D eigenvalue weighted by Crippen LogP contribution is -2.21. The Hall–Kier alpha value is -2.46. The Balaban J connectivity index is 1.71. The van der Waals surface area contributed by atoms with Crippen LogP contribution in [-0.2, 0) is 16.6 Å². The third-order valence-electron chi connectivity index (χ3n) is 4.83. The molecule has 0 aliphatic heterocycles.